The Morgan fingerprint density at radius 2 is 1.00 bits per heavy atom. The van der Waals surface area contributed by atoms with Gasteiger partial charge in [-0.2, -0.15) is 13.2 Å². The number of rotatable bonds is 10. The Morgan fingerprint density at radius 3 is 1.70 bits per heavy atom. The average molecular weight is 1070 g/mol. The Bertz CT molecular complexity index is 4370. The number of hydrogen-bond acceptors (Lipinski definition) is 3. The fourth-order valence-corrected chi connectivity index (χ4v) is 16.8. The number of fused-ring (bicyclic) bond motifs is 15. The molecule has 0 radical (unpaired) electrons. The van der Waals surface area contributed by atoms with Crippen LogP contribution in [0.3, 0.4) is 0 Å². The van der Waals surface area contributed by atoms with Crippen LogP contribution in [-0.4, -0.2) is 0 Å². The second kappa shape index (κ2) is 18.7. The van der Waals surface area contributed by atoms with E-state index in [1.54, 1.807) is 6.07 Å². The van der Waals surface area contributed by atoms with E-state index in [1.807, 2.05) is 23.5 Å². The molecular weight excluding hydrogens is 1010 g/mol. The van der Waals surface area contributed by atoms with Crippen LogP contribution in [0.4, 0.5) is 30.2 Å². The predicted molar refractivity (Wildman–Crippen MR) is 328 cm³/mol. The molecule has 2 aliphatic carbocycles. The van der Waals surface area contributed by atoms with E-state index >= 15 is 0 Å². The Balaban J connectivity index is 1.05. The van der Waals surface area contributed by atoms with Crippen molar-refractivity contribution in [3.63, 3.8) is 0 Å². The minimum absolute atomic E-state index is 0.142. The first-order chi connectivity index (χ1) is 38.4. The maximum atomic E-state index is 14.8. The third-order valence-corrected chi connectivity index (χ3v) is 20.5. The van der Waals surface area contributed by atoms with E-state index in [1.165, 1.54) is 104 Å². The lowest BCUT2D eigenvalue weighted by molar-refractivity contribution is -0.136. The van der Waals surface area contributed by atoms with E-state index in [-0.39, 0.29) is 16.0 Å². The molecule has 388 valence electrons. The highest BCUT2D eigenvalue weighted by atomic mass is 32.1. The van der Waals surface area contributed by atoms with Crippen molar-refractivity contribution in [3.8, 4) is 11.1 Å². The van der Waals surface area contributed by atoms with Gasteiger partial charge in [0.05, 0.1) is 21.4 Å². The molecule has 1 unspecified atom stereocenters. The van der Waals surface area contributed by atoms with Gasteiger partial charge in [0, 0.05) is 58.4 Å². The van der Waals surface area contributed by atoms with Crippen LogP contribution in [0.1, 0.15) is 112 Å². The molecule has 12 aromatic rings. The Kier molecular flexibility index (Phi) is 11.7. The average Bonchev–Trinajstić information content (AvgIpc) is 3.45. The monoisotopic (exact) mass is 1070 g/mol. The molecule has 0 amide bonds. The third-order valence-electron chi connectivity index (χ3n) is 17.8. The second-order valence-electron chi connectivity index (χ2n) is 22.2. The second-order valence-corrected chi connectivity index (χ2v) is 24.3. The van der Waals surface area contributed by atoms with E-state index in [2.05, 4.69) is 222 Å². The smallest absolute Gasteiger partial charge is 0.309 e. The van der Waals surface area contributed by atoms with E-state index in [4.69, 9.17) is 0 Å². The summed E-state index contributed by atoms with van der Waals surface area (Å²) in [6.45, 7) is 11.4. The van der Waals surface area contributed by atoms with Crippen molar-refractivity contribution in [2.24, 2.45) is 0 Å². The van der Waals surface area contributed by atoms with Gasteiger partial charge in [0.1, 0.15) is 0 Å². The largest absolute Gasteiger partial charge is 0.417 e. The highest BCUT2D eigenvalue weighted by Gasteiger charge is 2.53. The number of anilines is 3. The van der Waals surface area contributed by atoms with Gasteiger partial charge >= 0.3 is 6.18 Å². The fourth-order valence-electron chi connectivity index (χ4n) is 14.1. The highest BCUT2D eigenvalue weighted by Crippen LogP contribution is 2.63. The lowest BCUT2D eigenvalue weighted by Crippen LogP contribution is -2.40. The molecule has 10 aromatic carbocycles. The van der Waals surface area contributed by atoms with E-state index in [0.29, 0.717) is 5.39 Å². The zero-order valence-electron chi connectivity index (χ0n) is 44.9. The zero-order valence-corrected chi connectivity index (χ0v) is 46.6. The van der Waals surface area contributed by atoms with Gasteiger partial charge in [0.25, 0.3) is 0 Å². The van der Waals surface area contributed by atoms with Gasteiger partial charge in [0.15, 0.2) is 0 Å². The van der Waals surface area contributed by atoms with Crippen LogP contribution < -0.4 is 4.90 Å². The van der Waals surface area contributed by atoms with Gasteiger partial charge in [-0.15, -0.1) is 22.7 Å². The molecule has 0 saturated carbocycles. The number of para-hydroxylation sites is 1. The third kappa shape index (κ3) is 7.47. The minimum atomic E-state index is -4.48. The summed E-state index contributed by atoms with van der Waals surface area (Å²) in [7, 11) is 0. The predicted octanol–water partition coefficient (Wildman–Crippen LogP) is 21.1. The van der Waals surface area contributed by atoms with Gasteiger partial charge in [-0.05, 0) is 141 Å². The lowest BCUT2D eigenvalue weighted by atomic mass is 9.55. The van der Waals surface area contributed by atoms with Gasteiger partial charge in [0.2, 0.25) is 0 Å². The first-order valence-electron chi connectivity index (χ1n) is 27.8. The number of nitrogens with zero attached hydrogens (tertiary/aromatic N) is 1. The van der Waals surface area contributed by atoms with Crippen molar-refractivity contribution in [2.75, 3.05) is 4.90 Å². The number of benzene rings is 10. The topological polar surface area (TPSA) is 3.24 Å². The first kappa shape index (κ1) is 49.5. The summed E-state index contributed by atoms with van der Waals surface area (Å²) in [6, 6.07) is 74.6. The molecule has 2 aromatic heterocycles. The zero-order chi connectivity index (χ0) is 54.0. The number of aryl methyl sites for hydroxylation is 4. The molecule has 2 heterocycles. The Morgan fingerprint density at radius 1 is 0.468 bits per heavy atom. The summed E-state index contributed by atoms with van der Waals surface area (Å²) in [5.74, 6) is -0.142. The standard InChI is InChI=1S/C73H58F3NS2/c1-6-45-21-8-9-23-47(45)36-39-50(51-25-17-26-53-54-27-18-33-64(73(74,75)76)69(54)79-68(51)53)48-37-40-58-56(42-48)57-43-49(38-41-59(57)72(58)62-31-13-11-29-60(62)71(4,5)61-30-12-14-32-63(61)72)77(65-34-15-10-22-46(65)7-2)66-35-19-28-55-52-24-16-20-44(3)67(52)78-70(55)66/h8-35,37-38,40-43,50H,6-7,36,39H2,1-5H3. The number of thiophene rings is 2. The normalized spacial score (nSPS) is 14.4. The number of hydrogen-bond donors (Lipinski definition) is 0. The van der Waals surface area contributed by atoms with Gasteiger partial charge in [-0.1, -0.05) is 204 Å². The minimum Gasteiger partial charge on any atom is -0.309 e. The summed E-state index contributed by atoms with van der Waals surface area (Å²) in [4.78, 5) is 2.51. The molecule has 0 saturated heterocycles. The van der Waals surface area contributed by atoms with Crippen LogP contribution in [-0.2, 0) is 36.3 Å². The van der Waals surface area contributed by atoms with Crippen molar-refractivity contribution in [1.29, 1.82) is 0 Å². The van der Waals surface area contributed by atoms with Gasteiger partial charge < -0.3 is 4.90 Å². The number of halogens is 3. The van der Waals surface area contributed by atoms with Crippen LogP contribution in [0, 0.1) is 6.92 Å². The van der Waals surface area contributed by atoms with Crippen LogP contribution in [0.25, 0.3) is 51.5 Å². The van der Waals surface area contributed by atoms with Crippen molar-refractivity contribution in [2.45, 2.75) is 83.2 Å². The molecule has 2 aliphatic rings. The molecule has 1 atom stereocenters. The summed E-state index contributed by atoms with van der Waals surface area (Å²) >= 11 is 3.17. The van der Waals surface area contributed by atoms with E-state index < -0.39 is 17.2 Å². The molecule has 0 aliphatic heterocycles. The van der Waals surface area contributed by atoms with Crippen molar-refractivity contribution in [1.82, 2.24) is 0 Å². The molecule has 0 fully saturated rings. The Hall–Kier alpha value is -7.77. The molecule has 1 nitrogen and oxygen atoms in total. The van der Waals surface area contributed by atoms with Crippen LogP contribution >= 0.6 is 22.7 Å². The maximum Gasteiger partial charge on any atom is 0.417 e. The molecular formula is C73H58F3NS2. The van der Waals surface area contributed by atoms with Crippen molar-refractivity contribution in [3.05, 3.63) is 279 Å². The number of alkyl halides is 3. The van der Waals surface area contributed by atoms with Crippen LogP contribution in [0.15, 0.2) is 206 Å². The molecule has 6 heteroatoms. The fraction of sp³-hybridized carbons (Fsp3) is 0.178. The summed E-state index contributed by atoms with van der Waals surface area (Å²) in [5.41, 5.74) is 19.3. The van der Waals surface area contributed by atoms with E-state index in [9.17, 15) is 13.2 Å². The summed E-state index contributed by atoms with van der Waals surface area (Å²) in [6.07, 6.45) is -1.10. The van der Waals surface area contributed by atoms with Crippen LogP contribution in [0.5, 0.6) is 0 Å². The lowest BCUT2D eigenvalue weighted by Gasteiger charge is -2.46. The summed E-state index contributed by atoms with van der Waals surface area (Å²) < 4.78 is 48.2. The van der Waals surface area contributed by atoms with Gasteiger partial charge in [-0.3, -0.25) is 0 Å². The quantitative estimate of drug-likeness (QED) is 0.132. The van der Waals surface area contributed by atoms with Crippen molar-refractivity contribution < 1.29 is 13.2 Å². The first-order valence-corrected chi connectivity index (χ1v) is 29.4. The molecule has 0 N–H and O–H groups in total. The molecule has 79 heavy (non-hydrogen) atoms. The van der Waals surface area contributed by atoms with E-state index in [0.717, 1.165) is 64.0 Å². The molecule has 1 spiro atoms. The maximum absolute atomic E-state index is 14.8. The Labute approximate surface area is 468 Å². The van der Waals surface area contributed by atoms with Crippen molar-refractivity contribution >= 4 is 80.1 Å². The molecule has 14 rings (SSSR count). The summed E-state index contributed by atoms with van der Waals surface area (Å²) in [5, 5.41) is 4.05. The highest BCUT2D eigenvalue weighted by molar-refractivity contribution is 7.26. The van der Waals surface area contributed by atoms with Crippen LogP contribution in [0.2, 0.25) is 0 Å². The molecule has 0 bridgehead atoms. The van der Waals surface area contributed by atoms with Gasteiger partial charge in [-0.25, -0.2) is 0 Å². The SMILES string of the molecule is CCc1ccccc1CCC(c1ccc2c(c1)-c1cc(N(c3ccccc3CC)c3cccc4c3sc3c(C)cccc34)ccc1C21c2ccccc2C(C)(C)c2ccccc21)c1cccc2c1sc1c(C(F)(F)F)cccc12.